The van der Waals surface area contributed by atoms with Gasteiger partial charge in [0, 0.05) is 32.2 Å². The van der Waals surface area contributed by atoms with E-state index in [1.807, 2.05) is 6.92 Å². The topological polar surface area (TPSA) is 214 Å². The zero-order valence-electron chi connectivity index (χ0n) is 24.5. The first-order valence-corrected chi connectivity index (χ1v) is 13.4. The summed E-state index contributed by atoms with van der Waals surface area (Å²) in [5.41, 5.74) is 0.784. The zero-order chi connectivity index (χ0) is 32.8. The van der Waals surface area contributed by atoms with Crippen LogP contribution in [0, 0.1) is 5.92 Å². The van der Waals surface area contributed by atoms with E-state index in [2.05, 4.69) is 20.6 Å². The maximum atomic E-state index is 12.3. The fourth-order valence-electron chi connectivity index (χ4n) is 3.75. The smallest absolute Gasteiger partial charge is 0.326 e. The lowest BCUT2D eigenvalue weighted by molar-refractivity contribution is -0.141. The molecule has 14 nitrogen and oxygen atoms in total. The average Bonchev–Trinajstić information content (AvgIpc) is 3.48. The van der Waals surface area contributed by atoms with Crippen molar-refractivity contribution < 1.29 is 48.5 Å². The van der Waals surface area contributed by atoms with Gasteiger partial charge in [-0.2, -0.15) is 0 Å². The van der Waals surface area contributed by atoms with Gasteiger partial charge >= 0.3 is 23.9 Å². The minimum atomic E-state index is -1.18. The number of esters is 2. The van der Waals surface area contributed by atoms with Crippen molar-refractivity contribution in [2.75, 3.05) is 0 Å². The highest BCUT2D eigenvalue weighted by Crippen LogP contribution is 2.20. The number of rotatable bonds is 12. The monoisotopic (exact) mass is 610 g/mol. The van der Waals surface area contributed by atoms with E-state index in [1.165, 1.54) is 50.6 Å². The zero-order valence-corrected chi connectivity index (χ0v) is 24.5. The second-order valence-electron chi connectivity index (χ2n) is 9.50. The lowest BCUT2D eigenvalue weighted by Gasteiger charge is -2.20. The summed E-state index contributed by atoms with van der Waals surface area (Å²) in [6.45, 7) is 6.04. The van der Waals surface area contributed by atoms with Gasteiger partial charge in [-0.15, -0.1) is 0 Å². The summed E-state index contributed by atoms with van der Waals surface area (Å²) in [4.78, 5) is 75.7. The number of carboxylic acids is 2. The van der Waals surface area contributed by atoms with Crippen molar-refractivity contribution in [3.8, 4) is 11.5 Å². The molecular formula is C30H34N4O10. The number of para-hydroxylation sites is 2. The van der Waals surface area contributed by atoms with Crippen LogP contribution in [-0.4, -0.2) is 68.0 Å². The van der Waals surface area contributed by atoms with E-state index in [9.17, 15) is 39.0 Å². The molecule has 0 bridgehead atoms. The molecule has 0 aliphatic rings. The molecule has 3 aromatic rings. The molecule has 2 aromatic carbocycles. The molecule has 0 fully saturated rings. The summed E-state index contributed by atoms with van der Waals surface area (Å²) in [7, 11) is 0. The van der Waals surface area contributed by atoms with Gasteiger partial charge in [-0.05, 0) is 30.2 Å². The van der Waals surface area contributed by atoms with Crippen molar-refractivity contribution in [2.45, 2.75) is 52.6 Å². The van der Waals surface area contributed by atoms with Crippen molar-refractivity contribution in [2.24, 2.45) is 5.92 Å². The molecule has 1 heterocycles. The fraction of sp³-hybridized carbons (Fsp3) is 0.300. The summed E-state index contributed by atoms with van der Waals surface area (Å²) in [6, 6.07) is 10.2. The lowest BCUT2D eigenvalue weighted by atomic mass is 9.99. The number of amides is 2. The molecule has 0 aliphatic carbocycles. The molecule has 0 saturated carbocycles. The van der Waals surface area contributed by atoms with Gasteiger partial charge in [0.1, 0.15) is 23.6 Å². The first-order valence-electron chi connectivity index (χ1n) is 13.4. The summed E-state index contributed by atoms with van der Waals surface area (Å²) >= 11 is 0. The van der Waals surface area contributed by atoms with Gasteiger partial charge in [0.15, 0.2) is 0 Å². The highest BCUT2D eigenvalue weighted by Gasteiger charge is 2.27. The number of imidazole rings is 1. The Morgan fingerprint density at radius 3 is 1.73 bits per heavy atom. The van der Waals surface area contributed by atoms with E-state index in [0.717, 1.165) is 0 Å². The predicted octanol–water partition coefficient (Wildman–Crippen LogP) is 2.60. The predicted molar refractivity (Wildman–Crippen MR) is 155 cm³/mol. The molecule has 1 aromatic heterocycles. The second kappa shape index (κ2) is 16.8. The normalized spacial score (nSPS) is 12.3. The second-order valence-corrected chi connectivity index (χ2v) is 9.50. The van der Waals surface area contributed by atoms with Crippen LogP contribution in [0.3, 0.4) is 0 Å². The molecule has 5 N–H and O–H groups in total. The first kappa shape index (κ1) is 34.7. The Morgan fingerprint density at radius 2 is 1.32 bits per heavy atom. The number of hydrogen-bond acceptors (Lipinski definition) is 9. The lowest BCUT2D eigenvalue weighted by Crippen LogP contribution is -2.45. The maximum absolute atomic E-state index is 12.3. The molecule has 2 amide bonds. The van der Waals surface area contributed by atoms with E-state index in [1.54, 1.807) is 31.2 Å². The first-order chi connectivity index (χ1) is 20.8. The molecular weight excluding hydrogens is 576 g/mol. The van der Waals surface area contributed by atoms with Crippen molar-refractivity contribution >= 4 is 35.7 Å². The van der Waals surface area contributed by atoms with Crippen LogP contribution in [0.2, 0.25) is 0 Å². The summed E-state index contributed by atoms with van der Waals surface area (Å²) in [6.07, 6.45) is 3.57. The number of benzene rings is 2. The third-order valence-corrected chi connectivity index (χ3v) is 6.12. The molecule has 14 heteroatoms. The van der Waals surface area contributed by atoms with Crippen molar-refractivity contribution in [3.63, 3.8) is 0 Å². The van der Waals surface area contributed by atoms with Gasteiger partial charge in [0.25, 0.3) is 11.8 Å². The van der Waals surface area contributed by atoms with Crippen LogP contribution in [0.15, 0.2) is 61.1 Å². The van der Waals surface area contributed by atoms with Crippen LogP contribution in [0.4, 0.5) is 0 Å². The van der Waals surface area contributed by atoms with Crippen molar-refractivity contribution in [1.29, 1.82) is 0 Å². The number of carbonyl (C=O) groups excluding carboxylic acids is 4. The van der Waals surface area contributed by atoms with Crippen LogP contribution in [-0.2, 0) is 25.6 Å². The number of aliphatic carboxylic acids is 2. The van der Waals surface area contributed by atoms with Crippen LogP contribution in [0.25, 0.3) is 0 Å². The molecule has 0 radical (unpaired) electrons. The highest BCUT2D eigenvalue weighted by molar-refractivity contribution is 6.00. The third-order valence-electron chi connectivity index (χ3n) is 6.12. The third kappa shape index (κ3) is 10.7. The number of carboxylic acid groups (broad SMARTS) is 2. The number of carbonyl (C=O) groups is 6. The number of H-pyrrole nitrogens is 1. The molecule has 3 rings (SSSR count). The summed E-state index contributed by atoms with van der Waals surface area (Å²) in [5.74, 6) is -4.66. The SMILES string of the molecule is CC(=O)Oc1ccccc1C(=O)NC(Cc1cnc[nH]1)C(=O)O.CCC(C)C(NC(=O)c1ccccc1OC(C)=O)C(=O)O. The van der Waals surface area contributed by atoms with Crippen molar-refractivity contribution in [3.05, 3.63) is 77.9 Å². The van der Waals surface area contributed by atoms with Crippen LogP contribution in [0.1, 0.15) is 60.5 Å². The van der Waals surface area contributed by atoms with Crippen LogP contribution >= 0.6 is 0 Å². The largest absolute Gasteiger partial charge is 0.480 e. The van der Waals surface area contributed by atoms with Crippen molar-refractivity contribution in [1.82, 2.24) is 20.6 Å². The molecule has 3 atom stereocenters. The van der Waals surface area contributed by atoms with Gasteiger partial charge in [-0.1, -0.05) is 44.5 Å². The Morgan fingerprint density at radius 1 is 0.818 bits per heavy atom. The Kier molecular flexibility index (Phi) is 13.2. The fourth-order valence-corrected chi connectivity index (χ4v) is 3.75. The van der Waals surface area contributed by atoms with Crippen LogP contribution < -0.4 is 20.1 Å². The van der Waals surface area contributed by atoms with E-state index in [-0.39, 0.29) is 35.0 Å². The summed E-state index contributed by atoms with van der Waals surface area (Å²) in [5, 5.41) is 23.3. The number of aromatic amines is 1. The molecule has 0 spiro atoms. The standard InChI is InChI=1S/C15H15N3O5.C15H19NO5/c1-9(19)23-13-5-3-2-4-11(13)14(20)18-12(15(21)22)6-10-7-16-8-17-10;1-4-9(2)13(15(19)20)16-14(18)11-7-5-6-8-12(11)21-10(3)17/h2-5,7-8,12H,6H2,1H3,(H,16,17)(H,18,20)(H,21,22);5-9,13H,4H2,1-3H3,(H,16,18)(H,19,20). The molecule has 234 valence electrons. The Balaban J connectivity index is 0.000000308. The van der Waals surface area contributed by atoms with Crippen LogP contribution in [0.5, 0.6) is 11.5 Å². The van der Waals surface area contributed by atoms with Gasteiger partial charge in [-0.3, -0.25) is 19.2 Å². The van der Waals surface area contributed by atoms with Gasteiger partial charge in [0.05, 0.1) is 17.5 Å². The Hall–Kier alpha value is -5.53. The van der Waals surface area contributed by atoms with Gasteiger partial charge in [0.2, 0.25) is 0 Å². The molecule has 3 unspecified atom stereocenters. The van der Waals surface area contributed by atoms with Gasteiger partial charge in [-0.25, -0.2) is 14.6 Å². The molecule has 44 heavy (non-hydrogen) atoms. The average molecular weight is 611 g/mol. The summed E-state index contributed by atoms with van der Waals surface area (Å²) < 4.78 is 9.90. The van der Waals surface area contributed by atoms with E-state index < -0.39 is 47.8 Å². The number of hydrogen-bond donors (Lipinski definition) is 5. The highest BCUT2D eigenvalue weighted by atomic mass is 16.5. The number of ether oxygens (including phenoxy) is 2. The maximum Gasteiger partial charge on any atom is 0.326 e. The molecule has 0 saturated heterocycles. The minimum absolute atomic E-state index is 0.0524. The van der Waals surface area contributed by atoms with E-state index in [0.29, 0.717) is 12.1 Å². The number of nitrogens with zero attached hydrogens (tertiary/aromatic N) is 1. The van der Waals surface area contributed by atoms with E-state index >= 15 is 0 Å². The number of nitrogens with one attached hydrogen (secondary N) is 3. The minimum Gasteiger partial charge on any atom is -0.480 e. The Labute approximate surface area is 252 Å². The number of aromatic nitrogens is 2. The van der Waals surface area contributed by atoms with E-state index in [4.69, 9.17) is 9.47 Å². The molecule has 0 aliphatic heterocycles. The quantitative estimate of drug-likeness (QED) is 0.148. The van der Waals surface area contributed by atoms with Gasteiger partial charge < -0.3 is 35.3 Å². The Bertz CT molecular complexity index is 1470.